The molecular formula is C15H19NO5. The lowest BCUT2D eigenvalue weighted by Crippen LogP contribution is -2.42. The summed E-state index contributed by atoms with van der Waals surface area (Å²) < 4.78 is 10.6. The Hall–Kier alpha value is -2.08. The number of anilines is 1. The highest BCUT2D eigenvalue weighted by Crippen LogP contribution is 2.38. The number of hydrogen-bond donors (Lipinski definition) is 2. The monoisotopic (exact) mass is 293 g/mol. The molecule has 1 aliphatic rings. The summed E-state index contributed by atoms with van der Waals surface area (Å²) in [6.07, 6.45) is 3.12. The van der Waals surface area contributed by atoms with E-state index in [4.69, 9.17) is 14.6 Å². The summed E-state index contributed by atoms with van der Waals surface area (Å²) in [5.41, 5.74) is 0.121. The van der Waals surface area contributed by atoms with Crippen LogP contribution in [0.25, 0.3) is 0 Å². The molecule has 0 bridgehead atoms. The van der Waals surface area contributed by atoms with Gasteiger partial charge in [0.15, 0.2) is 6.61 Å². The van der Waals surface area contributed by atoms with Crippen molar-refractivity contribution in [1.29, 1.82) is 0 Å². The Balaban J connectivity index is 1.98. The Labute approximate surface area is 123 Å². The highest BCUT2D eigenvalue weighted by atomic mass is 16.5. The summed E-state index contributed by atoms with van der Waals surface area (Å²) in [5, 5.41) is 11.4. The number of benzene rings is 1. The number of carbonyl (C=O) groups excluding carboxylic acids is 1. The standard InChI is InChI=1S/C15H19NO5/c1-20-15(7-4-8-15)9-13(17)16-11-5-2-3-6-12(11)21-10-14(18)19/h2-3,5-6H,4,7-10H2,1H3,(H,16,17)(H,18,19). The van der Waals surface area contributed by atoms with Crippen LogP contribution >= 0.6 is 0 Å². The van der Waals surface area contributed by atoms with Gasteiger partial charge in [-0.15, -0.1) is 0 Å². The molecule has 2 N–H and O–H groups in total. The van der Waals surface area contributed by atoms with Gasteiger partial charge in [0.2, 0.25) is 5.91 Å². The molecule has 0 atom stereocenters. The fourth-order valence-electron chi connectivity index (χ4n) is 2.35. The van der Waals surface area contributed by atoms with Gasteiger partial charge in [0.25, 0.3) is 0 Å². The van der Waals surface area contributed by atoms with Crippen molar-refractivity contribution in [2.75, 3.05) is 19.0 Å². The van der Waals surface area contributed by atoms with Crippen LogP contribution in [0.5, 0.6) is 5.75 Å². The fourth-order valence-corrected chi connectivity index (χ4v) is 2.35. The Bertz CT molecular complexity index is 519. The zero-order valence-corrected chi connectivity index (χ0v) is 11.9. The fraction of sp³-hybridized carbons (Fsp3) is 0.467. The summed E-state index contributed by atoms with van der Waals surface area (Å²) in [7, 11) is 1.62. The van der Waals surface area contributed by atoms with Crippen LogP contribution in [-0.2, 0) is 14.3 Å². The van der Waals surface area contributed by atoms with Crippen LogP contribution in [0.4, 0.5) is 5.69 Å². The smallest absolute Gasteiger partial charge is 0.341 e. The number of methoxy groups -OCH3 is 1. The third-order valence-corrected chi connectivity index (χ3v) is 3.69. The van der Waals surface area contributed by atoms with E-state index < -0.39 is 12.6 Å². The first-order chi connectivity index (χ1) is 10.0. The normalized spacial score (nSPS) is 15.9. The van der Waals surface area contributed by atoms with E-state index in [0.29, 0.717) is 11.4 Å². The van der Waals surface area contributed by atoms with Crippen molar-refractivity contribution in [2.24, 2.45) is 0 Å². The molecule has 2 rings (SSSR count). The lowest BCUT2D eigenvalue weighted by atomic mass is 9.77. The molecule has 0 radical (unpaired) electrons. The number of aliphatic carboxylic acids is 1. The third kappa shape index (κ3) is 3.95. The predicted molar refractivity (Wildman–Crippen MR) is 76.4 cm³/mol. The molecule has 1 aromatic rings. The molecule has 1 fully saturated rings. The molecule has 1 saturated carbocycles. The molecule has 21 heavy (non-hydrogen) atoms. The maximum Gasteiger partial charge on any atom is 0.341 e. The highest BCUT2D eigenvalue weighted by Gasteiger charge is 2.39. The number of hydrogen-bond acceptors (Lipinski definition) is 4. The minimum Gasteiger partial charge on any atom is -0.480 e. The zero-order chi connectivity index (χ0) is 15.3. The molecule has 0 heterocycles. The van der Waals surface area contributed by atoms with Crippen LogP contribution < -0.4 is 10.1 Å². The Morgan fingerprint density at radius 2 is 2.05 bits per heavy atom. The molecule has 6 heteroatoms. The Morgan fingerprint density at radius 3 is 2.62 bits per heavy atom. The van der Waals surface area contributed by atoms with Gasteiger partial charge in [0, 0.05) is 7.11 Å². The Kier molecular flexibility index (Phi) is 4.80. The molecule has 6 nitrogen and oxygen atoms in total. The van der Waals surface area contributed by atoms with Gasteiger partial charge in [-0.2, -0.15) is 0 Å². The summed E-state index contributed by atoms with van der Waals surface area (Å²) >= 11 is 0. The maximum atomic E-state index is 12.1. The summed E-state index contributed by atoms with van der Waals surface area (Å²) in [6.45, 7) is -0.450. The molecule has 0 spiro atoms. The van der Waals surface area contributed by atoms with Crippen LogP contribution in [0.15, 0.2) is 24.3 Å². The molecule has 0 unspecified atom stereocenters. The number of rotatable bonds is 7. The maximum absolute atomic E-state index is 12.1. The van der Waals surface area contributed by atoms with E-state index in [1.807, 2.05) is 0 Å². The first-order valence-corrected chi connectivity index (χ1v) is 6.83. The van der Waals surface area contributed by atoms with Crippen molar-refractivity contribution >= 4 is 17.6 Å². The van der Waals surface area contributed by atoms with E-state index in [1.165, 1.54) is 0 Å². The van der Waals surface area contributed by atoms with Crippen molar-refractivity contribution in [3.8, 4) is 5.75 Å². The molecular weight excluding hydrogens is 274 g/mol. The van der Waals surface area contributed by atoms with Gasteiger partial charge in [-0.1, -0.05) is 12.1 Å². The second kappa shape index (κ2) is 6.58. The number of carboxylic acids is 1. The molecule has 114 valence electrons. The number of amides is 1. The molecule has 0 saturated heterocycles. The quantitative estimate of drug-likeness (QED) is 0.803. The average molecular weight is 293 g/mol. The van der Waals surface area contributed by atoms with Crippen LogP contribution in [-0.4, -0.2) is 36.3 Å². The van der Waals surface area contributed by atoms with E-state index in [-0.39, 0.29) is 17.9 Å². The van der Waals surface area contributed by atoms with E-state index in [2.05, 4.69) is 5.32 Å². The van der Waals surface area contributed by atoms with Crippen LogP contribution in [0.3, 0.4) is 0 Å². The number of carbonyl (C=O) groups is 2. The van der Waals surface area contributed by atoms with E-state index >= 15 is 0 Å². The van der Waals surface area contributed by atoms with Crippen molar-refractivity contribution in [3.63, 3.8) is 0 Å². The molecule has 1 aliphatic carbocycles. The van der Waals surface area contributed by atoms with Gasteiger partial charge in [-0.3, -0.25) is 4.79 Å². The predicted octanol–water partition coefficient (Wildman–Crippen LogP) is 2.05. The van der Waals surface area contributed by atoms with Crippen LogP contribution in [0, 0.1) is 0 Å². The third-order valence-electron chi connectivity index (χ3n) is 3.69. The largest absolute Gasteiger partial charge is 0.480 e. The minimum atomic E-state index is -1.07. The SMILES string of the molecule is COC1(CC(=O)Nc2ccccc2OCC(=O)O)CCC1. The number of nitrogens with one attached hydrogen (secondary N) is 1. The second-order valence-electron chi connectivity index (χ2n) is 5.14. The van der Waals surface area contributed by atoms with Crippen molar-refractivity contribution in [1.82, 2.24) is 0 Å². The average Bonchev–Trinajstić information content (AvgIpc) is 2.42. The minimum absolute atomic E-state index is 0.164. The van der Waals surface area contributed by atoms with E-state index in [0.717, 1.165) is 19.3 Å². The lowest BCUT2D eigenvalue weighted by molar-refractivity contribution is -0.139. The first kappa shape index (κ1) is 15.3. The molecule has 1 aromatic carbocycles. The summed E-state index contributed by atoms with van der Waals surface area (Å²) in [6, 6.07) is 6.76. The number of carboxylic acid groups (broad SMARTS) is 1. The van der Waals surface area contributed by atoms with Crippen LogP contribution in [0.1, 0.15) is 25.7 Å². The van der Waals surface area contributed by atoms with Crippen molar-refractivity contribution < 1.29 is 24.2 Å². The van der Waals surface area contributed by atoms with E-state index in [1.54, 1.807) is 31.4 Å². The van der Waals surface area contributed by atoms with Gasteiger partial charge < -0.3 is 19.9 Å². The van der Waals surface area contributed by atoms with Crippen molar-refractivity contribution in [2.45, 2.75) is 31.3 Å². The first-order valence-electron chi connectivity index (χ1n) is 6.83. The van der Waals surface area contributed by atoms with Gasteiger partial charge in [-0.25, -0.2) is 4.79 Å². The molecule has 0 aliphatic heterocycles. The van der Waals surface area contributed by atoms with Crippen LogP contribution in [0.2, 0.25) is 0 Å². The molecule has 1 amide bonds. The summed E-state index contributed by atoms with van der Waals surface area (Å²) in [5.74, 6) is -0.889. The number of ether oxygens (including phenoxy) is 2. The zero-order valence-electron chi connectivity index (χ0n) is 11.9. The van der Waals surface area contributed by atoms with Gasteiger partial charge in [-0.05, 0) is 31.4 Å². The molecule has 0 aromatic heterocycles. The Morgan fingerprint density at radius 1 is 1.33 bits per heavy atom. The highest BCUT2D eigenvalue weighted by molar-refractivity contribution is 5.93. The van der Waals surface area contributed by atoms with Gasteiger partial charge in [0.1, 0.15) is 5.75 Å². The number of para-hydroxylation sites is 2. The van der Waals surface area contributed by atoms with Gasteiger partial charge >= 0.3 is 5.97 Å². The van der Waals surface area contributed by atoms with Gasteiger partial charge in [0.05, 0.1) is 17.7 Å². The second-order valence-corrected chi connectivity index (χ2v) is 5.14. The lowest BCUT2D eigenvalue weighted by Gasteiger charge is -2.39. The topological polar surface area (TPSA) is 84.9 Å². The van der Waals surface area contributed by atoms with Crippen molar-refractivity contribution in [3.05, 3.63) is 24.3 Å². The summed E-state index contributed by atoms with van der Waals surface area (Å²) in [4.78, 5) is 22.7. The van der Waals surface area contributed by atoms with E-state index in [9.17, 15) is 9.59 Å².